The topological polar surface area (TPSA) is 55.8 Å². The molecule has 0 unspecified atom stereocenters. The summed E-state index contributed by atoms with van der Waals surface area (Å²) in [4.78, 5) is 0.103. The highest BCUT2D eigenvalue weighted by Gasteiger charge is 2.29. The number of nitrogens with zero attached hydrogens (tertiary/aromatic N) is 1. The summed E-state index contributed by atoms with van der Waals surface area (Å²) in [5, 5.41) is 0. The van der Waals surface area contributed by atoms with Gasteiger partial charge in [0, 0.05) is 19.2 Å². The third kappa shape index (κ3) is 3.88. The van der Waals surface area contributed by atoms with Crippen LogP contribution in [0.15, 0.2) is 53.4 Å². The van der Waals surface area contributed by atoms with E-state index in [1.807, 2.05) is 37.3 Å². The fourth-order valence-electron chi connectivity index (χ4n) is 2.46. The Balaban J connectivity index is 2.32. The molecular weight excluding hydrogens is 326 g/mol. The summed E-state index contributed by atoms with van der Waals surface area (Å²) in [5.74, 6) is 0.771. The van der Waals surface area contributed by atoms with Crippen molar-refractivity contribution in [1.82, 2.24) is 4.31 Å². The zero-order valence-electron chi connectivity index (χ0n) is 14.4. The van der Waals surface area contributed by atoms with Crippen molar-refractivity contribution in [3.05, 3.63) is 54.1 Å². The van der Waals surface area contributed by atoms with E-state index in [1.165, 1.54) is 24.6 Å². The molecule has 0 aromatic heterocycles. The fourth-order valence-corrected chi connectivity index (χ4v) is 3.99. The van der Waals surface area contributed by atoms with Crippen LogP contribution in [0.2, 0.25) is 0 Å². The minimum absolute atomic E-state index is 0.103. The number of methoxy groups -OCH3 is 2. The number of likely N-dealkylation sites (N-methyl/N-ethyl adjacent to an activating group) is 1. The molecule has 5 nitrogen and oxygen atoms in total. The molecule has 0 heterocycles. The Hall–Kier alpha value is -2.05. The number of rotatable bonds is 7. The van der Waals surface area contributed by atoms with Crippen LogP contribution in [0, 0.1) is 0 Å². The van der Waals surface area contributed by atoms with E-state index in [0.717, 1.165) is 5.56 Å². The summed E-state index contributed by atoms with van der Waals surface area (Å²) >= 11 is 0. The van der Waals surface area contributed by atoms with E-state index in [0.29, 0.717) is 17.9 Å². The van der Waals surface area contributed by atoms with Gasteiger partial charge in [0.15, 0.2) is 0 Å². The second-order valence-electron chi connectivity index (χ2n) is 5.58. The zero-order chi connectivity index (χ0) is 17.7. The first-order chi connectivity index (χ1) is 11.4. The van der Waals surface area contributed by atoms with Gasteiger partial charge < -0.3 is 9.47 Å². The van der Waals surface area contributed by atoms with E-state index in [9.17, 15) is 8.42 Å². The van der Waals surface area contributed by atoms with Gasteiger partial charge >= 0.3 is 0 Å². The number of hydrogen-bond donors (Lipinski definition) is 0. The maximum absolute atomic E-state index is 13.0. The molecule has 0 spiro atoms. The molecular formula is C18H23NO4S. The summed E-state index contributed by atoms with van der Waals surface area (Å²) in [6.07, 6.45) is 0.628. The minimum Gasteiger partial charge on any atom is -0.497 e. The summed E-state index contributed by atoms with van der Waals surface area (Å²) < 4.78 is 37.7. The van der Waals surface area contributed by atoms with Crippen molar-refractivity contribution < 1.29 is 17.9 Å². The van der Waals surface area contributed by atoms with E-state index in [1.54, 1.807) is 19.2 Å². The largest absolute Gasteiger partial charge is 0.497 e. The first-order valence-corrected chi connectivity index (χ1v) is 9.08. The van der Waals surface area contributed by atoms with Gasteiger partial charge in [0.2, 0.25) is 10.0 Å². The van der Waals surface area contributed by atoms with Crippen molar-refractivity contribution in [1.29, 1.82) is 0 Å². The van der Waals surface area contributed by atoms with Gasteiger partial charge in [-0.25, -0.2) is 8.42 Å². The average molecular weight is 349 g/mol. The molecule has 0 N–H and O–H groups in total. The Kier molecular flexibility index (Phi) is 5.85. The van der Waals surface area contributed by atoms with Crippen LogP contribution in [0.25, 0.3) is 0 Å². The molecule has 0 saturated carbocycles. The lowest BCUT2D eigenvalue weighted by atomic mass is 10.1. The quantitative estimate of drug-likeness (QED) is 0.771. The molecule has 2 aromatic carbocycles. The Morgan fingerprint density at radius 1 is 1.04 bits per heavy atom. The Bertz CT molecular complexity index is 775. The van der Waals surface area contributed by atoms with Gasteiger partial charge in [0.05, 0.1) is 14.2 Å². The normalized spacial score (nSPS) is 12.9. The van der Waals surface area contributed by atoms with Gasteiger partial charge in [-0.1, -0.05) is 30.3 Å². The second kappa shape index (κ2) is 7.68. The molecule has 0 aliphatic heterocycles. The van der Waals surface area contributed by atoms with E-state index >= 15 is 0 Å². The molecule has 0 radical (unpaired) electrons. The number of sulfonamides is 1. The molecule has 2 rings (SSSR count). The third-order valence-corrected chi connectivity index (χ3v) is 6.02. The van der Waals surface area contributed by atoms with Crippen LogP contribution in [0.3, 0.4) is 0 Å². The molecule has 130 valence electrons. The molecule has 24 heavy (non-hydrogen) atoms. The smallest absolute Gasteiger partial charge is 0.246 e. The van der Waals surface area contributed by atoms with E-state index in [-0.39, 0.29) is 10.9 Å². The summed E-state index contributed by atoms with van der Waals surface area (Å²) in [5.41, 5.74) is 1.09. The van der Waals surface area contributed by atoms with Gasteiger partial charge in [-0.3, -0.25) is 0 Å². The van der Waals surface area contributed by atoms with E-state index in [2.05, 4.69) is 0 Å². The maximum atomic E-state index is 13.0. The minimum atomic E-state index is -3.71. The fraction of sp³-hybridized carbons (Fsp3) is 0.333. The van der Waals surface area contributed by atoms with Crippen LogP contribution in [-0.2, 0) is 16.4 Å². The molecule has 0 saturated heterocycles. The van der Waals surface area contributed by atoms with Crippen LogP contribution in [0.5, 0.6) is 11.5 Å². The Labute approximate surface area is 143 Å². The van der Waals surface area contributed by atoms with Crippen LogP contribution in [-0.4, -0.2) is 40.0 Å². The van der Waals surface area contributed by atoms with Crippen LogP contribution < -0.4 is 9.47 Å². The third-order valence-electron chi connectivity index (χ3n) is 4.02. The summed E-state index contributed by atoms with van der Waals surface area (Å²) in [6, 6.07) is 14.4. The van der Waals surface area contributed by atoms with E-state index < -0.39 is 10.0 Å². The number of hydrogen-bond acceptors (Lipinski definition) is 4. The number of benzene rings is 2. The van der Waals surface area contributed by atoms with Gasteiger partial charge in [0.25, 0.3) is 0 Å². The molecule has 2 aromatic rings. The predicted octanol–water partition coefficient (Wildman–Crippen LogP) is 2.96. The van der Waals surface area contributed by atoms with Crippen LogP contribution >= 0.6 is 0 Å². The SMILES string of the molecule is COc1ccc(OC)c(S(=O)(=O)N(C)[C@H](C)Cc2ccccc2)c1. The van der Waals surface area contributed by atoms with Gasteiger partial charge in [-0.15, -0.1) is 0 Å². The molecule has 0 aliphatic rings. The van der Waals surface area contributed by atoms with Crippen molar-refractivity contribution in [2.75, 3.05) is 21.3 Å². The molecule has 6 heteroatoms. The molecule has 0 aliphatic carbocycles. The molecule has 0 fully saturated rings. The van der Waals surface area contributed by atoms with Gasteiger partial charge in [0.1, 0.15) is 16.4 Å². The lowest BCUT2D eigenvalue weighted by Gasteiger charge is -2.25. The average Bonchev–Trinajstić information content (AvgIpc) is 2.61. The second-order valence-corrected chi connectivity index (χ2v) is 7.54. The molecule has 0 amide bonds. The van der Waals surface area contributed by atoms with Crippen LogP contribution in [0.4, 0.5) is 0 Å². The van der Waals surface area contributed by atoms with E-state index in [4.69, 9.17) is 9.47 Å². The summed E-state index contributed by atoms with van der Waals surface area (Å²) in [6.45, 7) is 1.89. The van der Waals surface area contributed by atoms with Crippen LogP contribution in [0.1, 0.15) is 12.5 Å². The molecule has 0 bridgehead atoms. The van der Waals surface area contributed by atoms with Crippen molar-refractivity contribution in [3.8, 4) is 11.5 Å². The van der Waals surface area contributed by atoms with Gasteiger partial charge in [-0.05, 0) is 31.0 Å². The zero-order valence-corrected chi connectivity index (χ0v) is 15.2. The molecule has 1 atom stereocenters. The Morgan fingerprint density at radius 2 is 1.71 bits per heavy atom. The Morgan fingerprint density at radius 3 is 2.29 bits per heavy atom. The van der Waals surface area contributed by atoms with Gasteiger partial charge in [-0.2, -0.15) is 4.31 Å². The highest BCUT2D eigenvalue weighted by molar-refractivity contribution is 7.89. The first kappa shape index (κ1) is 18.3. The van der Waals surface area contributed by atoms with Crippen molar-refractivity contribution in [2.24, 2.45) is 0 Å². The predicted molar refractivity (Wildman–Crippen MR) is 94.1 cm³/mol. The standard InChI is InChI=1S/C18H23NO4S/c1-14(12-15-8-6-5-7-9-15)19(2)24(20,21)18-13-16(22-3)10-11-17(18)23-4/h5-11,13-14H,12H2,1-4H3/t14-/m1/s1. The lowest BCUT2D eigenvalue weighted by molar-refractivity contribution is 0.371. The summed E-state index contributed by atoms with van der Waals surface area (Å²) in [7, 11) is 0.832. The highest BCUT2D eigenvalue weighted by atomic mass is 32.2. The monoisotopic (exact) mass is 349 g/mol. The van der Waals surface area contributed by atoms with Crippen molar-refractivity contribution >= 4 is 10.0 Å². The maximum Gasteiger partial charge on any atom is 0.246 e. The van der Waals surface area contributed by atoms with Crippen molar-refractivity contribution in [2.45, 2.75) is 24.3 Å². The van der Waals surface area contributed by atoms with Crippen molar-refractivity contribution in [3.63, 3.8) is 0 Å². The lowest BCUT2D eigenvalue weighted by Crippen LogP contribution is -2.36. The highest BCUT2D eigenvalue weighted by Crippen LogP contribution is 2.31. The number of ether oxygens (including phenoxy) is 2. The first-order valence-electron chi connectivity index (χ1n) is 7.64.